The summed E-state index contributed by atoms with van der Waals surface area (Å²) in [5.41, 5.74) is 1.69. The highest BCUT2D eigenvalue weighted by atomic mass is 79.9. The highest BCUT2D eigenvalue weighted by Crippen LogP contribution is 2.45. The number of rotatable bonds is 2. The molecule has 2 aromatic rings. The Morgan fingerprint density at radius 1 is 1.12 bits per heavy atom. The van der Waals surface area contributed by atoms with Crippen LogP contribution in [0.25, 0.3) is 10.9 Å². The van der Waals surface area contributed by atoms with Crippen molar-refractivity contribution in [3.05, 3.63) is 33.9 Å². The Hall–Kier alpha value is -1.34. The summed E-state index contributed by atoms with van der Waals surface area (Å²) in [6, 6.07) is 4.25. The third-order valence-electron chi connectivity index (χ3n) is 4.54. The molecule has 0 N–H and O–H groups in total. The Morgan fingerprint density at radius 3 is 2.46 bits per heavy atom. The van der Waals surface area contributed by atoms with Gasteiger partial charge in [0.05, 0.1) is 35.7 Å². The van der Waals surface area contributed by atoms with Gasteiger partial charge < -0.3 is 9.64 Å². The topological polar surface area (TPSA) is 25.4 Å². The molecule has 128 valence electrons. The van der Waals surface area contributed by atoms with Crippen molar-refractivity contribution in [1.29, 1.82) is 0 Å². The van der Waals surface area contributed by atoms with Gasteiger partial charge in [0.1, 0.15) is 0 Å². The van der Waals surface area contributed by atoms with E-state index in [1.165, 1.54) is 0 Å². The predicted molar refractivity (Wildman–Crippen MR) is 89.5 cm³/mol. The number of ether oxygens (including phenoxy) is 1. The van der Waals surface area contributed by atoms with Gasteiger partial charge in [0.25, 0.3) is 0 Å². The summed E-state index contributed by atoms with van der Waals surface area (Å²) in [6.07, 6.45) is -2.27. The SMILES string of the molecule is FC(F)(F)c1cc(Br)c2cc(N3CCOCC3)c(C3CC3)nc2c1. The van der Waals surface area contributed by atoms with Crippen molar-refractivity contribution >= 4 is 32.5 Å². The molecule has 0 spiro atoms. The van der Waals surface area contributed by atoms with Gasteiger partial charge in [0.15, 0.2) is 0 Å². The molecule has 7 heteroatoms. The quantitative estimate of drug-likeness (QED) is 0.728. The van der Waals surface area contributed by atoms with Gasteiger partial charge in [-0.2, -0.15) is 13.2 Å². The Labute approximate surface area is 145 Å². The first-order valence-electron chi connectivity index (χ1n) is 7.97. The molecule has 1 aromatic heterocycles. The van der Waals surface area contributed by atoms with E-state index in [4.69, 9.17) is 4.74 Å². The van der Waals surface area contributed by atoms with Crippen LogP contribution in [-0.4, -0.2) is 31.3 Å². The van der Waals surface area contributed by atoms with Crippen LogP contribution in [0.2, 0.25) is 0 Å². The summed E-state index contributed by atoms with van der Waals surface area (Å²) >= 11 is 3.29. The number of alkyl halides is 3. The molecule has 1 aliphatic carbocycles. The fourth-order valence-electron chi connectivity index (χ4n) is 3.11. The van der Waals surface area contributed by atoms with E-state index in [2.05, 4.69) is 25.8 Å². The molecule has 24 heavy (non-hydrogen) atoms. The molecule has 1 saturated carbocycles. The van der Waals surface area contributed by atoms with Crippen molar-refractivity contribution < 1.29 is 17.9 Å². The van der Waals surface area contributed by atoms with Gasteiger partial charge in [-0.3, -0.25) is 4.98 Å². The summed E-state index contributed by atoms with van der Waals surface area (Å²) in [5, 5.41) is 0.717. The van der Waals surface area contributed by atoms with Crippen LogP contribution in [-0.2, 0) is 10.9 Å². The summed E-state index contributed by atoms with van der Waals surface area (Å²) in [4.78, 5) is 6.86. The molecule has 2 aliphatic rings. The smallest absolute Gasteiger partial charge is 0.378 e. The van der Waals surface area contributed by atoms with Gasteiger partial charge in [-0.25, -0.2) is 0 Å². The van der Waals surface area contributed by atoms with Crippen LogP contribution in [0.3, 0.4) is 0 Å². The molecule has 1 aromatic carbocycles. The monoisotopic (exact) mass is 400 g/mol. The van der Waals surface area contributed by atoms with E-state index in [1.54, 1.807) is 0 Å². The van der Waals surface area contributed by atoms with Crippen LogP contribution in [0.5, 0.6) is 0 Å². The van der Waals surface area contributed by atoms with Crippen LogP contribution in [0.4, 0.5) is 18.9 Å². The molecule has 3 nitrogen and oxygen atoms in total. The van der Waals surface area contributed by atoms with Crippen molar-refractivity contribution in [3.8, 4) is 0 Å². The molecule has 1 aliphatic heterocycles. The first-order valence-corrected chi connectivity index (χ1v) is 8.77. The van der Waals surface area contributed by atoms with E-state index in [9.17, 15) is 13.2 Å². The minimum absolute atomic E-state index is 0.362. The molecule has 2 fully saturated rings. The number of hydrogen-bond acceptors (Lipinski definition) is 3. The lowest BCUT2D eigenvalue weighted by Gasteiger charge is -2.30. The second-order valence-electron chi connectivity index (χ2n) is 6.29. The van der Waals surface area contributed by atoms with Gasteiger partial charge in [-0.1, -0.05) is 15.9 Å². The first-order chi connectivity index (χ1) is 11.4. The number of aromatic nitrogens is 1. The van der Waals surface area contributed by atoms with Crippen molar-refractivity contribution in [3.63, 3.8) is 0 Å². The zero-order valence-corrected chi connectivity index (χ0v) is 14.5. The molecule has 1 saturated heterocycles. The van der Waals surface area contributed by atoms with E-state index >= 15 is 0 Å². The van der Waals surface area contributed by atoms with Crippen LogP contribution < -0.4 is 4.90 Å². The van der Waals surface area contributed by atoms with Gasteiger partial charge in [-0.05, 0) is 31.0 Å². The zero-order chi connectivity index (χ0) is 16.9. The lowest BCUT2D eigenvalue weighted by atomic mass is 10.1. The molecule has 2 heterocycles. The lowest BCUT2D eigenvalue weighted by Crippen LogP contribution is -2.37. The van der Waals surface area contributed by atoms with E-state index in [0.29, 0.717) is 34.5 Å². The first kappa shape index (κ1) is 16.1. The maximum Gasteiger partial charge on any atom is 0.416 e. The molecule has 0 bridgehead atoms. The van der Waals surface area contributed by atoms with E-state index in [0.717, 1.165) is 49.4 Å². The lowest BCUT2D eigenvalue weighted by molar-refractivity contribution is -0.137. The standard InChI is InChI=1S/C17H16BrF3N2O/c18-13-7-11(17(19,20)21)8-14-12(13)9-15(16(22-14)10-1-2-10)23-3-5-24-6-4-23/h7-10H,1-6H2. The van der Waals surface area contributed by atoms with Crippen LogP contribution in [0.1, 0.15) is 30.0 Å². The average molecular weight is 401 g/mol. The Morgan fingerprint density at radius 2 is 1.83 bits per heavy atom. The summed E-state index contributed by atoms with van der Waals surface area (Å²) in [6.45, 7) is 2.89. The van der Waals surface area contributed by atoms with E-state index in [-0.39, 0.29) is 0 Å². The molecule has 0 unspecified atom stereocenters. The van der Waals surface area contributed by atoms with E-state index in [1.807, 2.05) is 6.07 Å². The fourth-order valence-corrected chi connectivity index (χ4v) is 3.68. The van der Waals surface area contributed by atoms with Gasteiger partial charge in [-0.15, -0.1) is 0 Å². The highest BCUT2D eigenvalue weighted by molar-refractivity contribution is 9.10. The molecule has 4 rings (SSSR count). The number of halogens is 4. The Bertz CT molecular complexity index is 783. The number of benzene rings is 1. The zero-order valence-electron chi connectivity index (χ0n) is 12.9. The molecular weight excluding hydrogens is 385 g/mol. The fraction of sp³-hybridized carbons (Fsp3) is 0.471. The highest BCUT2D eigenvalue weighted by Gasteiger charge is 2.33. The van der Waals surface area contributed by atoms with Crippen LogP contribution in [0, 0.1) is 0 Å². The largest absolute Gasteiger partial charge is 0.416 e. The van der Waals surface area contributed by atoms with Crippen molar-refractivity contribution in [2.24, 2.45) is 0 Å². The maximum absolute atomic E-state index is 13.1. The molecular formula is C17H16BrF3N2O. The third-order valence-corrected chi connectivity index (χ3v) is 5.19. The number of pyridine rings is 1. The molecule has 0 radical (unpaired) electrons. The normalized spacial score (nSPS) is 19.1. The number of anilines is 1. The molecule has 0 atom stereocenters. The van der Waals surface area contributed by atoms with Crippen molar-refractivity contribution in [1.82, 2.24) is 4.98 Å². The van der Waals surface area contributed by atoms with Crippen LogP contribution >= 0.6 is 15.9 Å². The van der Waals surface area contributed by atoms with Crippen molar-refractivity contribution in [2.75, 3.05) is 31.2 Å². The van der Waals surface area contributed by atoms with Gasteiger partial charge in [0, 0.05) is 28.9 Å². The third kappa shape index (κ3) is 2.99. The average Bonchev–Trinajstić information content (AvgIpc) is 3.38. The van der Waals surface area contributed by atoms with Gasteiger partial charge in [0.2, 0.25) is 0 Å². The minimum Gasteiger partial charge on any atom is -0.378 e. The summed E-state index contributed by atoms with van der Waals surface area (Å²) in [7, 11) is 0. The summed E-state index contributed by atoms with van der Waals surface area (Å²) < 4.78 is 45.0. The number of nitrogens with zero attached hydrogens (tertiary/aromatic N) is 2. The second kappa shape index (κ2) is 5.88. The minimum atomic E-state index is -4.37. The number of hydrogen-bond donors (Lipinski definition) is 0. The van der Waals surface area contributed by atoms with Gasteiger partial charge >= 0.3 is 6.18 Å². The maximum atomic E-state index is 13.1. The predicted octanol–water partition coefficient (Wildman–Crippen LogP) is 4.73. The summed E-state index contributed by atoms with van der Waals surface area (Å²) in [5.74, 6) is 0.362. The number of morpholine rings is 1. The second-order valence-corrected chi connectivity index (χ2v) is 7.14. The Balaban J connectivity index is 1.87. The number of fused-ring (bicyclic) bond motifs is 1. The van der Waals surface area contributed by atoms with Crippen molar-refractivity contribution in [2.45, 2.75) is 24.9 Å². The van der Waals surface area contributed by atoms with Crippen LogP contribution in [0.15, 0.2) is 22.7 Å². The molecule has 0 amide bonds. The van der Waals surface area contributed by atoms with E-state index < -0.39 is 11.7 Å². The Kier molecular flexibility index (Phi) is 3.95.